The molecule has 9 nitrogen and oxygen atoms in total. The predicted octanol–water partition coefficient (Wildman–Crippen LogP) is 2.71. The highest BCUT2D eigenvalue weighted by atomic mass is 32.1. The fraction of sp³-hybridized carbons (Fsp3) is 0.381. The molecular formula is C21H24N6O3S. The molecule has 1 aliphatic rings. The molecular weight excluding hydrogens is 416 g/mol. The highest BCUT2D eigenvalue weighted by Crippen LogP contribution is 2.30. The summed E-state index contributed by atoms with van der Waals surface area (Å²) < 4.78 is 5.63. The lowest BCUT2D eigenvalue weighted by Gasteiger charge is -2.31. The molecule has 3 aromatic rings. The third kappa shape index (κ3) is 5.33. The number of nitrogens with one attached hydrogen (secondary N) is 2. The van der Waals surface area contributed by atoms with E-state index >= 15 is 0 Å². The molecule has 0 bridgehead atoms. The van der Waals surface area contributed by atoms with Crippen molar-refractivity contribution in [3.63, 3.8) is 0 Å². The summed E-state index contributed by atoms with van der Waals surface area (Å²) in [6, 6.07) is 3.82. The highest BCUT2D eigenvalue weighted by Gasteiger charge is 2.22. The lowest BCUT2D eigenvalue weighted by Crippen LogP contribution is -2.46. The van der Waals surface area contributed by atoms with Crippen LogP contribution in [0.15, 0.2) is 34.3 Å². The Hall–Kier alpha value is -3.11. The van der Waals surface area contributed by atoms with Gasteiger partial charge >= 0.3 is 0 Å². The number of thiazole rings is 1. The number of carbonyl (C=O) groups is 2. The van der Waals surface area contributed by atoms with Crippen LogP contribution >= 0.6 is 11.3 Å². The molecule has 0 spiro atoms. The van der Waals surface area contributed by atoms with Gasteiger partial charge in [-0.2, -0.15) is 0 Å². The van der Waals surface area contributed by atoms with Gasteiger partial charge in [-0.25, -0.2) is 15.0 Å². The number of likely N-dealkylation sites (tertiary alicyclic amines) is 1. The van der Waals surface area contributed by atoms with Gasteiger partial charge in [0.25, 0.3) is 0 Å². The smallest absolute Gasteiger partial charge is 0.239 e. The van der Waals surface area contributed by atoms with Gasteiger partial charge in [0.05, 0.1) is 12.1 Å². The largest absolute Gasteiger partial charge is 0.458 e. The van der Waals surface area contributed by atoms with E-state index in [2.05, 4.69) is 30.5 Å². The Labute approximate surface area is 183 Å². The Balaban J connectivity index is 1.47. The number of aryl methyl sites for hydroxylation is 1. The molecule has 4 heterocycles. The van der Waals surface area contributed by atoms with E-state index in [1.807, 2.05) is 18.4 Å². The van der Waals surface area contributed by atoms with Crippen molar-refractivity contribution in [2.24, 2.45) is 0 Å². The minimum Gasteiger partial charge on any atom is -0.458 e. The fourth-order valence-electron chi connectivity index (χ4n) is 3.56. The minimum atomic E-state index is -0.156. The van der Waals surface area contributed by atoms with E-state index in [9.17, 15) is 9.59 Å². The molecule has 3 aromatic heterocycles. The monoisotopic (exact) mass is 440 g/mol. The summed E-state index contributed by atoms with van der Waals surface area (Å²) in [6.45, 7) is 5.13. The maximum Gasteiger partial charge on any atom is 0.239 e. The molecule has 0 unspecified atom stereocenters. The summed E-state index contributed by atoms with van der Waals surface area (Å²) in [6.07, 6.45) is 5.02. The summed E-state index contributed by atoms with van der Waals surface area (Å²) in [7, 11) is 0. The number of carbonyl (C=O) groups excluding carboxylic acids is 2. The summed E-state index contributed by atoms with van der Waals surface area (Å²) in [5, 5.41) is 8.47. The van der Waals surface area contributed by atoms with E-state index in [1.54, 1.807) is 18.5 Å². The molecule has 0 aliphatic carbocycles. The predicted molar refractivity (Wildman–Crippen MR) is 117 cm³/mol. The molecule has 1 fully saturated rings. The topological polar surface area (TPSA) is 113 Å². The SMILES string of the molecule is CC(=O)NC1CCN(CC(=O)Nc2nc(-c3ccc(C)o3)ncc2-c2nccs2)CC1. The molecule has 2 amide bonds. The van der Waals surface area contributed by atoms with E-state index < -0.39 is 0 Å². The second-order valence-corrected chi connectivity index (χ2v) is 8.40. The van der Waals surface area contributed by atoms with Gasteiger partial charge in [0.15, 0.2) is 11.6 Å². The van der Waals surface area contributed by atoms with Gasteiger partial charge in [0.1, 0.15) is 16.6 Å². The number of amides is 2. The zero-order valence-corrected chi connectivity index (χ0v) is 18.2. The Bertz CT molecular complexity index is 1060. The van der Waals surface area contributed by atoms with Crippen LogP contribution in [0.5, 0.6) is 0 Å². The minimum absolute atomic E-state index is 0.0165. The van der Waals surface area contributed by atoms with Gasteiger partial charge in [0, 0.05) is 43.8 Å². The van der Waals surface area contributed by atoms with Gasteiger partial charge in [-0.1, -0.05) is 0 Å². The number of nitrogens with zero attached hydrogens (tertiary/aromatic N) is 4. The Kier molecular flexibility index (Phi) is 6.38. The maximum atomic E-state index is 12.8. The van der Waals surface area contributed by atoms with Gasteiger partial charge < -0.3 is 15.1 Å². The first-order valence-electron chi connectivity index (χ1n) is 10.1. The molecule has 0 aromatic carbocycles. The number of hydrogen-bond acceptors (Lipinski definition) is 8. The van der Waals surface area contributed by atoms with Crippen LogP contribution in [0.4, 0.5) is 5.82 Å². The van der Waals surface area contributed by atoms with E-state index in [4.69, 9.17) is 4.42 Å². The van der Waals surface area contributed by atoms with Crippen LogP contribution in [0.2, 0.25) is 0 Å². The maximum absolute atomic E-state index is 12.8. The zero-order chi connectivity index (χ0) is 21.8. The van der Waals surface area contributed by atoms with Crippen molar-refractivity contribution >= 4 is 29.0 Å². The lowest BCUT2D eigenvalue weighted by atomic mass is 10.1. The molecule has 4 rings (SSSR count). The van der Waals surface area contributed by atoms with Crippen molar-refractivity contribution in [1.29, 1.82) is 0 Å². The number of aromatic nitrogens is 3. The number of anilines is 1. The Morgan fingerprint density at radius 3 is 2.71 bits per heavy atom. The van der Waals surface area contributed by atoms with Crippen LogP contribution in [-0.2, 0) is 9.59 Å². The first-order chi connectivity index (χ1) is 15.0. The number of hydrogen-bond donors (Lipinski definition) is 2. The second kappa shape index (κ2) is 9.36. The highest BCUT2D eigenvalue weighted by molar-refractivity contribution is 7.13. The number of furan rings is 1. The standard InChI is InChI=1S/C21H24N6O3S/c1-13-3-4-17(30-13)20-23-11-16(21-22-7-10-31-21)19(26-20)25-18(29)12-27-8-5-15(6-9-27)24-14(2)28/h3-4,7,10-11,15H,5-6,8-9,12H2,1-2H3,(H,24,28)(H,23,25,26,29). The van der Waals surface area contributed by atoms with E-state index in [1.165, 1.54) is 18.3 Å². The zero-order valence-electron chi connectivity index (χ0n) is 17.4. The molecule has 162 valence electrons. The van der Waals surface area contributed by atoms with Crippen molar-refractivity contribution < 1.29 is 14.0 Å². The van der Waals surface area contributed by atoms with Gasteiger partial charge in [-0.3, -0.25) is 14.5 Å². The normalized spacial score (nSPS) is 15.0. The quantitative estimate of drug-likeness (QED) is 0.606. The van der Waals surface area contributed by atoms with Crippen LogP contribution in [0.3, 0.4) is 0 Å². The van der Waals surface area contributed by atoms with E-state index in [-0.39, 0.29) is 24.4 Å². The average molecular weight is 441 g/mol. The van der Waals surface area contributed by atoms with Crippen LogP contribution in [-0.4, -0.2) is 57.3 Å². The molecule has 2 N–H and O–H groups in total. The summed E-state index contributed by atoms with van der Waals surface area (Å²) in [5.41, 5.74) is 0.666. The second-order valence-electron chi connectivity index (χ2n) is 7.50. The molecule has 0 atom stereocenters. The average Bonchev–Trinajstić information content (AvgIpc) is 3.41. The number of piperidine rings is 1. The van der Waals surface area contributed by atoms with Crippen molar-refractivity contribution in [1.82, 2.24) is 25.2 Å². The third-order valence-electron chi connectivity index (χ3n) is 5.03. The van der Waals surface area contributed by atoms with Gasteiger partial charge in [0.2, 0.25) is 11.8 Å². The van der Waals surface area contributed by atoms with Crippen LogP contribution < -0.4 is 10.6 Å². The first kappa shape index (κ1) is 21.1. The Morgan fingerprint density at radius 2 is 2.06 bits per heavy atom. The molecule has 0 saturated carbocycles. The van der Waals surface area contributed by atoms with Crippen molar-refractivity contribution in [3.05, 3.63) is 35.7 Å². The van der Waals surface area contributed by atoms with E-state index in [0.717, 1.165) is 36.7 Å². The summed E-state index contributed by atoms with van der Waals surface area (Å²) in [4.78, 5) is 39.4. The van der Waals surface area contributed by atoms with Crippen LogP contribution in [0, 0.1) is 6.92 Å². The first-order valence-corrected chi connectivity index (χ1v) is 11.0. The lowest BCUT2D eigenvalue weighted by molar-refractivity contribution is -0.121. The van der Waals surface area contributed by atoms with E-state index in [0.29, 0.717) is 23.0 Å². The fourth-order valence-corrected chi connectivity index (χ4v) is 4.21. The molecule has 1 saturated heterocycles. The van der Waals surface area contributed by atoms with Crippen LogP contribution in [0.1, 0.15) is 25.5 Å². The Morgan fingerprint density at radius 1 is 1.26 bits per heavy atom. The van der Waals surface area contributed by atoms with Crippen molar-refractivity contribution in [2.75, 3.05) is 25.0 Å². The molecule has 10 heteroatoms. The van der Waals surface area contributed by atoms with Gasteiger partial charge in [-0.15, -0.1) is 11.3 Å². The molecule has 0 radical (unpaired) electrons. The van der Waals surface area contributed by atoms with Crippen molar-refractivity contribution in [3.8, 4) is 22.2 Å². The van der Waals surface area contributed by atoms with Crippen LogP contribution in [0.25, 0.3) is 22.2 Å². The molecule has 31 heavy (non-hydrogen) atoms. The summed E-state index contributed by atoms with van der Waals surface area (Å²) in [5.74, 6) is 1.94. The number of rotatable bonds is 6. The summed E-state index contributed by atoms with van der Waals surface area (Å²) >= 11 is 1.45. The third-order valence-corrected chi connectivity index (χ3v) is 5.84. The van der Waals surface area contributed by atoms with Crippen molar-refractivity contribution in [2.45, 2.75) is 32.7 Å². The van der Waals surface area contributed by atoms with Gasteiger partial charge in [-0.05, 0) is 31.9 Å². The molecule has 1 aliphatic heterocycles.